The predicted octanol–water partition coefficient (Wildman–Crippen LogP) is 4.24. The number of rotatable bonds is 3. The molecule has 2 aromatic rings. The van der Waals surface area contributed by atoms with Crippen molar-refractivity contribution in [3.05, 3.63) is 59.7 Å². The molecule has 1 atom stereocenters. The first-order valence-corrected chi connectivity index (χ1v) is 8.47. The summed E-state index contributed by atoms with van der Waals surface area (Å²) in [6, 6.07) is 16.1. The fourth-order valence-electron chi connectivity index (χ4n) is 2.28. The number of carbonyl (C=O) groups is 1. The number of hydrogen-bond acceptors (Lipinski definition) is 2. The number of halogens is 1. The predicted molar refractivity (Wildman–Crippen MR) is 87.5 cm³/mol. The molecule has 1 N–H and O–H groups in total. The maximum Gasteiger partial charge on any atom is 0.238 e. The molecule has 3 rings (SSSR count). The van der Waals surface area contributed by atoms with Gasteiger partial charge in [-0.1, -0.05) is 46.3 Å². The maximum atomic E-state index is 12.3. The third-order valence-corrected chi connectivity index (χ3v) is 5.25. The number of anilines is 1. The van der Waals surface area contributed by atoms with Gasteiger partial charge >= 0.3 is 0 Å². The van der Waals surface area contributed by atoms with E-state index in [2.05, 4.69) is 33.4 Å². The molecule has 2 aromatic carbocycles. The van der Waals surface area contributed by atoms with Crippen LogP contribution in [0.1, 0.15) is 11.1 Å². The van der Waals surface area contributed by atoms with Gasteiger partial charge in [-0.05, 0) is 35.7 Å². The minimum Gasteiger partial charge on any atom is -0.325 e. The summed E-state index contributed by atoms with van der Waals surface area (Å²) in [5.41, 5.74) is 3.29. The van der Waals surface area contributed by atoms with Gasteiger partial charge in [-0.25, -0.2) is 0 Å². The molecular weight excluding hydrogens is 334 g/mol. The van der Waals surface area contributed by atoms with E-state index in [1.165, 1.54) is 10.5 Å². The molecule has 1 aliphatic rings. The Morgan fingerprint density at radius 1 is 1.25 bits per heavy atom. The Labute approximate surface area is 131 Å². The van der Waals surface area contributed by atoms with E-state index >= 15 is 0 Å². The monoisotopic (exact) mass is 347 g/mol. The summed E-state index contributed by atoms with van der Waals surface area (Å²) < 4.78 is 0. The summed E-state index contributed by atoms with van der Waals surface area (Å²) in [6.45, 7) is 0. The van der Waals surface area contributed by atoms with Gasteiger partial charge in [0.15, 0.2) is 0 Å². The van der Waals surface area contributed by atoms with E-state index in [9.17, 15) is 4.79 Å². The number of nitrogens with one attached hydrogen (secondary N) is 1. The largest absolute Gasteiger partial charge is 0.325 e. The van der Waals surface area contributed by atoms with Gasteiger partial charge < -0.3 is 5.32 Å². The molecule has 0 spiro atoms. The van der Waals surface area contributed by atoms with Crippen LogP contribution in [-0.4, -0.2) is 11.2 Å². The van der Waals surface area contributed by atoms with Crippen LogP contribution in [0.5, 0.6) is 0 Å². The molecule has 2 nitrogen and oxygen atoms in total. The van der Waals surface area contributed by atoms with Crippen molar-refractivity contribution in [3.63, 3.8) is 0 Å². The average molecular weight is 348 g/mol. The van der Waals surface area contributed by atoms with Gasteiger partial charge in [0.1, 0.15) is 0 Å². The van der Waals surface area contributed by atoms with Gasteiger partial charge in [-0.15, -0.1) is 11.8 Å². The molecular formula is C16H14BrNOS. The summed E-state index contributed by atoms with van der Waals surface area (Å²) in [7, 11) is 0. The molecule has 0 fully saturated rings. The average Bonchev–Trinajstić information content (AvgIpc) is 2.91. The number of amides is 1. The fraction of sp³-hybridized carbons (Fsp3) is 0.188. The molecule has 1 heterocycles. The standard InChI is InChI=1S/C16H14BrNOS/c17-10-11-4-3-6-13(8-11)18-16(19)15-9-12-5-1-2-7-14(12)20-15/h1-8,15H,9-10H2,(H,18,19). The Morgan fingerprint density at radius 2 is 2.10 bits per heavy atom. The number of fused-ring (bicyclic) bond motifs is 1. The van der Waals surface area contributed by atoms with Crippen LogP contribution >= 0.6 is 27.7 Å². The number of benzene rings is 2. The quantitative estimate of drug-likeness (QED) is 0.841. The summed E-state index contributed by atoms with van der Waals surface area (Å²) in [5, 5.41) is 3.78. The SMILES string of the molecule is O=C(Nc1cccc(CBr)c1)C1Cc2ccccc2S1. The van der Waals surface area contributed by atoms with Crippen LogP contribution in [0.3, 0.4) is 0 Å². The lowest BCUT2D eigenvalue weighted by Crippen LogP contribution is -2.24. The molecule has 0 saturated carbocycles. The second-order valence-electron chi connectivity index (χ2n) is 4.74. The smallest absolute Gasteiger partial charge is 0.238 e. The molecule has 102 valence electrons. The van der Waals surface area contributed by atoms with Gasteiger partial charge in [-0.2, -0.15) is 0 Å². The van der Waals surface area contributed by atoms with Gasteiger partial charge in [-0.3, -0.25) is 4.79 Å². The summed E-state index contributed by atoms with van der Waals surface area (Å²) in [6.07, 6.45) is 0.810. The van der Waals surface area contributed by atoms with Crippen molar-refractivity contribution >= 4 is 39.3 Å². The van der Waals surface area contributed by atoms with Gasteiger partial charge in [0.25, 0.3) is 0 Å². The molecule has 1 unspecified atom stereocenters. The second kappa shape index (κ2) is 6.02. The van der Waals surface area contributed by atoms with Crippen LogP contribution in [0, 0.1) is 0 Å². The minimum absolute atomic E-state index is 0.0278. The molecule has 0 aromatic heterocycles. The molecule has 1 aliphatic heterocycles. The van der Waals surface area contributed by atoms with Crippen molar-refractivity contribution < 1.29 is 4.79 Å². The highest BCUT2D eigenvalue weighted by Crippen LogP contribution is 2.37. The van der Waals surface area contributed by atoms with Crippen molar-refractivity contribution in [1.82, 2.24) is 0 Å². The van der Waals surface area contributed by atoms with E-state index in [1.54, 1.807) is 11.8 Å². The van der Waals surface area contributed by atoms with Crippen LogP contribution in [0.15, 0.2) is 53.4 Å². The topological polar surface area (TPSA) is 29.1 Å². The van der Waals surface area contributed by atoms with E-state index in [-0.39, 0.29) is 11.2 Å². The Kier molecular flexibility index (Phi) is 4.13. The van der Waals surface area contributed by atoms with Gasteiger partial charge in [0.05, 0.1) is 5.25 Å². The zero-order chi connectivity index (χ0) is 13.9. The first kappa shape index (κ1) is 13.7. The number of hydrogen-bond donors (Lipinski definition) is 1. The molecule has 0 aliphatic carbocycles. The zero-order valence-electron chi connectivity index (χ0n) is 10.8. The van der Waals surface area contributed by atoms with E-state index in [4.69, 9.17) is 0 Å². The lowest BCUT2D eigenvalue weighted by molar-refractivity contribution is -0.115. The zero-order valence-corrected chi connectivity index (χ0v) is 13.2. The second-order valence-corrected chi connectivity index (χ2v) is 6.55. The number of carbonyl (C=O) groups excluding carboxylic acids is 1. The molecule has 4 heteroatoms. The minimum atomic E-state index is -0.0278. The number of alkyl halides is 1. The Bertz CT molecular complexity index is 619. The lowest BCUT2D eigenvalue weighted by Gasteiger charge is -2.10. The first-order valence-electron chi connectivity index (χ1n) is 6.46. The van der Waals surface area contributed by atoms with Crippen molar-refractivity contribution in [2.24, 2.45) is 0 Å². The highest BCUT2D eigenvalue weighted by atomic mass is 79.9. The van der Waals surface area contributed by atoms with Crippen LogP contribution < -0.4 is 5.32 Å². The van der Waals surface area contributed by atoms with E-state index in [0.29, 0.717) is 0 Å². The molecule has 0 saturated heterocycles. The maximum absolute atomic E-state index is 12.3. The van der Waals surface area contributed by atoms with Crippen molar-refractivity contribution in [2.45, 2.75) is 21.9 Å². The van der Waals surface area contributed by atoms with E-state index in [0.717, 1.165) is 23.0 Å². The first-order chi connectivity index (χ1) is 9.76. The van der Waals surface area contributed by atoms with Crippen LogP contribution in [0.4, 0.5) is 5.69 Å². The Hall–Kier alpha value is -1.26. The normalized spacial score (nSPS) is 16.8. The summed E-state index contributed by atoms with van der Waals surface area (Å²) in [5.74, 6) is 0.0814. The van der Waals surface area contributed by atoms with Crippen molar-refractivity contribution in [2.75, 3.05) is 5.32 Å². The molecule has 20 heavy (non-hydrogen) atoms. The van der Waals surface area contributed by atoms with Gasteiger partial charge in [0.2, 0.25) is 5.91 Å². The van der Waals surface area contributed by atoms with E-state index in [1.807, 2.05) is 36.4 Å². The highest BCUT2D eigenvalue weighted by molar-refractivity contribution is 9.08. The fourth-order valence-corrected chi connectivity index (χ4v) is 3.83. The molecule has 0 bridgehead atoms. The lowest BCUT2D eigenvalue weighted by atomic mass is 10.1. The third-order valence-electron chi connectivity index (χ3n) is 3.29. The Balaban J connectivity index is 1.69. The summed E-state index contributed by atoms with van der Waals surface area (Å²) >= 11 is 5.08. The van der Waals surface area contributed by atoms with Gasteiger partial charge in [0, 0.05) is 15.9 Å². The Morgan fingerprint density at radius 3 is 2.90 bits per heavy atom. The van der Waals surface area contributed by atoms with Crippen molar-refractivity contribution in [3.8, 4) is 0 Å². The van der Waals surface area contributed by atoms with E-state index < -0.39 is 0 Å². The molecule has 0 radical (unpaired) electrons. The highest BCUT2D eigenvalue weighted by Gasteiger charge is 2.27. The van der Waals surface area contributed by atoms with Crippen LogP contribution in [0.2, 0.25) is 0 Å². The summed E-state index contributed by atoms with van der Waals surface area (Å²) in [4.78, 5) is 13.6. The van der Waals surface area contributed by atoms with Crippen LogP contribution in [-0.2, 0) is 16.5 Å². The third kappa shape index (κ3) is 2.91. The van der Waals surface area contributed by atoms with Crippen LogP contribution in [0.25, 0.3) is 0 Å². The van der Waals surface area contributed by atoms with Crippen molar-refractivity contribution in [1.29, 1.82) is 0 Å². The molecule has 1 amide bonds. The number of thioether (sulfide) groups is 1.